The topological polar surface area (TPSA) is 59.6 Å². The van der Waals surface area contributed by atoms with Crippen LogP contribution in [0.3, 0.4) is 0 Å². The summed E-state index contributed by atoms with van der Waals surface area (Å²) in [5.41, 5.74) is 6.10. The number of rotatable bonds is 3. The highest BCUT2D eigenvalue weighted by atomic mass is 127. The number of hydrogen-bond donors (Lipinski definition) is 2. The van der Waals surface area contributed by atoms with Crippen LogP contribution in [0.25, 0.3) is 0 Å². The maximum Gasteiger partial charge on any atom is 0.188 e. The van der Waals surface area contributed by atoms with Crippen molar-refractivity contribution >= 4 is 29.9 Å². The number of nitrogens with one attached hydrogen (secondary N) is 1. The van der Waals surface area contributed by atoms with Crippen LogP contribution in [0, 0.1) is 17.3 Å². The number of halogens is 1. The SMILES string of the molecule is CC(C)CN=C(N)NC1C2CCOC2C1(C)C.I. The highest BCUT2D eigenvalue weighted by Crippen LogP contribution is 2.51. The molecule has 2 aliphatic rings. The van der Waals surface area contributed by atoms with Gasteiger partial charge in [0.1, 0.15) is 0 Å². The number of aliphatic imine (C=N–C) groups is 1. The van der Waals surface area contributed by atoms with Gasteiger partial charge in [0.05, 0.1) is 6.10 Å². The quantitative estimate of drug-likeness (QED) is 0.456. The first kappa shape index (κ1) is 16.0. The summed E-state index contributed by atoms with van der Waals surface area (Å²) in [4.78, 5) is 4.37. The lowest BCUT2D eigenvalue weighted by Gasteiger charge is -2.54. The molecule has 1 aliphatic heterocycles. The minimum Gasteiger partial charge on any atom is -0.377 e. The molecule has 1 saturated carbocycles. The Morgan fingerprint density at radius 3 is 2.78 bits per heavy atom. The van der Waals surface area contributed by atoms with E-state index in [1.54, 1.807) is 0 Å². The van der Waals surface area contributed by atoms with Gasteiger partial charge in [0, 0.05) is 30.5 Å². The van der Waals surface area contributed by atoms with Crippen molar-refractivity contribution in [2.45, 2.75) is 46.3 Å². The number of guanidine groups is 1. The second-order valence-electron chi connectivity index (χ2n) is 6.31. The maximum atomic E-state index is 5.93. The standard InChI is InChI=1S/C13H25N3O.HI/c1-8(2)7-15-12(14)16-10-9-5-6-17-11(9)13(10,3)4;/h8-11H,5-7H2,1-4H3,(H3,14,15,16);1H. The van der Waals surface area contributed by atoms with Crippen molar-refractivity contribution in [2.75, 3.05) is 13.2 Å². The third kappa shape index (κ3) is 2.92. The van der Waals surface area contributed by atoms with E-state index < -0.39 is 0 Å². The van der Waals surface area contributed by atoms with Crippen LogP contribution < -0.4 is 11.1 Å². The van der Waals surface area contributed by atoms with Crippen LogP contribution in [-0.4, -0.2) is 31.3 Å². The van der Waals surface area contributed by atoms with Crippen molar-refractivity contribution in [2.24, 2.45) is 28.0 Å². The molecular weight excluding hydrogens is 341 g/mol. The molecule has 1 saturated heterocycles. The second kappa shape index (κ2) is 5.94. The lowest BCUT2D eigenvalue weighted by Crippen LogP contribution is -2.67. The third-order valence-electron chi connectivity index (χ3n) is 4.03. The van der Waals surface area contributed by atoms with E-state index in [0.29, 0.717) is 29.9 Å². The van der Waals surface area contributed by atoms with Crippen molar-refractivity contribution < 1.29 is 4.74 Å². The van der Waals surface area contributed by atoms with E-state index in [4.69, 9.17) is 10.5 Å². The van der Waals surface area contributed by atoms with E-state index >= 15 is 0 Å². The molecule has 3 unspecified atom stereocenters. The van der Waals surface area contributed by atoms with Gasteiger partial charge in [0.15, 0.2) is 5.96 Å². The predicted molar refractivity (Wildman–Crippen MR) is 85.3 cm³/mol. The Kier molecular flexibility index (Phi) is 5.29. The Morgan fingerprint density at radius 2 is 2.17 bits per heavy atom. The van der Waals surface area contributed by atoms with Crippen LogP contribution in [-0.2, 0) is 4.74 Å². The molecule has 4 nitrogen and oxygen atoms in total. The summed E-state index contributed by atoms with van der Waals surface area (Å²) < 4.78 is 5.76. The fourth-order valence-corrected chi connectivity index (χ4v) is 3.10. The van der Waals surface area contributed by atoms with E-state index in [1.165, 1.54) is 0 Å². The number of fused-ring (bicyclic) bond motifs is 1. The number of hydrogen-bond acceptors (Lipinski definition) is 2. The molecule has 5 heteroatoms. The zero-order valence-electron chi connectivity index (χ0n) is 11.8. The van der Waals surface area contributed by atoms with E-state index in [9.17, 15) is 0 Å². The van der Waals surface area contributed by atoms with Gasteiger partial charge in [-0.05, 0) is 12.3 Å². The maximum absolute atomic E-state index is 5.93. The largest absolute Gasteiger partial charge is 0.377 e. The van der Waals surface area contributed by atoms with Crippen molar-refractivity contribution in [3.8, 4) is 0 Å². The zero-order valence-corrected chi connectivity index (χ0v) is 14.1. The smallest absolute Gasteiger partial charge is 0.188 e. The molecule has 0 aromatic rings. The van der Waals surface area contributed by atoms with Crippen LogP contribution in [0.2, 0.25) is 0 Å². The average molecular weight is 367 g/mol. The molecule has 0 radical (unpaired) electrons. The minimum atomic E-state index is 0. The lowest BCUT2D eigenvalue weighted by molar-refractivity contribution is -0.106. The summed E-state index contributed by atoms with van der Waals surface area (Å²) in [5, 5.41) is 3.38. The Balaban J connectivity index is 0.00000162. The summed E-state index contributed by atoms with van der Waals surface area (Å²) >= 11 is 0. The number of nitrogens with two attached hydrogens (primary N) is 1. The first-order valence-electron chi connectivity index (χ1n) is 6.61. The van der Waals surface area contributed by atoms with Crippen molar-refractivity contribution in [1.82, 2.24) is 5.32 Å². The molecule has 2 rings (SSSR count). The molecular formula is C13H26IN3O. The van der Waals surface area contributed by atoms with E-state index in [1.807, 2.05) is 0 Å². The molecule has 0 bridgehead atoms. The Morgan fingerprint density at radius 1 is 1.50 bits per heavy atom. The normalized spacial score (nSPS) is 33.6. The molecule has 106 valence electrons. The van der Waals surface area contributed by atoms with E-state index in [2.05, 4.69) is 38.0 Å². The molecule has 1 aliphatic carbocycles. The van der Waals surface area contributed by atoms with Crippen LogP contribution in [0.4, 0.5) is 0 Å². The molecule has 0 spiro atoms. The fraction of sp³-hybridized carbons (Fsp3) is 0.923. The van der Waals surface area contributed by atoms with Gasteiger partial charge in [0.2, 0.25) is 0 Å². The van der Waals surface area contributed by atoms with Crippen LogP contribution in [0.1, 0.15) is 34.1 Å². The second-order valence-corrected chi connectivity index (χ2v) is 6.31. The summed E-state index contributed by atoms with van der Waals surface area (Å²) in [6, 6.07) is 0.408. The summed E-state index contributed by atoms with van der Waals surface area (Å²) in [6.07, 6.45) is 1.54. The molecule has 0 aromatic carbocycles. The third-order valence-corrected chi connectivity index (χ3v) is 4.03. The molecule has 2 fully saturated rings. The van der Waals surface area contributed by atoms with Gasteiger partial charge in [-0.2, -0.15) is 0 Å². The Labute approximate surface area is 127 Å². The summed E-state index contributed by atoms with van der Waals surface area (Å²) in [5.74, 6) is 1.74. The van der Waals surface area contributed by atoms with E-state index in [0.717, 1.165) is 19.6 Å². The van der Waals surface area contributed by atoms with Gasteiger partial charge in [-0.25, -0.2) is 0 Å². The Hall–Kier alpha value is -0.0400. The summed E-state index contributed by atoms with van der Waals surface area (Å²) in [7, 11) is 0. The van der Waals surface area contributed by atoms with Gasteiger partial charge < -0.3 is 15.8 Å². The van der Waals surface area contributed by atoms with Gasteiger partial charge in [-0.15, -0.1) is 24.0 Å². The van der Waals surface area contributed by atoms with Gasteiger partial charge >= 0.3 is 0 Å². The van der Waals surface area contributed by atoms with Crippen LogP contribution in [0.15, 0.2) is 4.99 Å². The first-order chi connectivity index (χ1) is 7.93. The molecule has 3 atom stereocenters. The van der Waals surface area contributed by atoms with Gasteiger partial charge in [0.25, 0.3) is 0 Å². The van der Waals surface area contributed by atoms with Crippen LogP contribution in [0.5, 0.6) is 0 Å². The van der Waals surface area contributed by atoms with Crippen molar-refractivity contribution in [3.63, 3.8) is 0 Å². The molecule has 3 N–H and O–H groups in total. The predicted octanol–water partition coefficient (Wildman–Crippen LogP) is 1.98. The van der Waals surface area contributed by atoms with Crippen LogP contribution >= 0.6 is 24.0 Å². The monoisotopic (exact) mass is 367 g/mol. The first-order valence-corrected chi connectivity index (χ1v) is 6.61. The number of nitrogens with zero attached hydrogens (tertiary/aromatic N) is 1. The van der Waals surface area contributed by atoms with Gasteiger partial charge in [-0.3, -0.25) is 4.99 Å². The molecule has 0 aromatic heterocycles. The van der Waals surface area contributed by atoms with E-state index in [-0.39, 0.29) is 29.4 Å². The average Bonchev–Trinajstić information content (AvgIpc) is 2.69. The highest BCUT2D eigenvalue weighted by Gasteiger charge is 2.59. The fourth-order valence-electron chi connectivity index (χ4n) is 3.10. The number of ether oxygens (including phenoxy) is 1. The minimum absolute atomic E-state index is 0. The lowest BCUT2D eigenvalue weighted by atomic mass is 9.57. The molecule has 0 amide bonds. The molecule has 1 heterocycles. The molecule has 18 heavy (non-hydrogen) atoms. The Bertz CT molecular complexity index is 317. The van der Waals surface area contributed by atoms with Gasteiger partial charge in [-0.1, -0.05) is 27.7 Å². The summed E-state index contributed by atoms with van der Waals surface area (Å²) in [6.45, 7) is 10.5. The van der Waals surface area contributed by atoms with Crippen molar-refractivity contribution in [3.05, 3.63) is 0 Å². The van der Waals surface area contributed by atoms with Crippen molar-refractivity contribution in [1.29, 1.82) is 0 Å². The zero-order chi connectivity index (χ0) is 12.6. The highest BCUT2D eigenvalue weighted by molar-refractivity contribution is 14.0.